The van der Waals surface area contributed by atoms with E-state index in [9.17, 15) is 5.11 Å². The van der Waals surface area contributed by atoms with Crippen LogP contribution >= 0.6 is 0 Å². The number of benzene rings is 1. The third-order valence-corrected chi connectivity index (χ3v) is 4.32. The van der Waals surface area contributed by atoms with Gasteiger partial charge in [-0.3, -0.25) is 9.58 Å². The standard InChI is InChI=1S/C18H26N4O/c1-18(2,3)22-14-15(12-19-22)13-20-8-10-21(11-9-20)16-6-4-5-7-17(16)23/h4-7,12,14,23H,8-11,13H2,1-3H3. The highest BCUT2D eigenvalue weighted by Gasteiger charge is 2.20. The molecule has 1 fully saturated rings. The van der Waals surface area contributed by atoms with Gasteiger partial charge in [-0.2, -0.15) is 5.10 Å². The van der Waals surface area contributed by atoms with Crippen LogP contribution in [0.3, 0.4) is 0 Å². The van der Waals surface area contributed by atoms with Crippen molar-refractivity contribution in [2.24, 2.45) is 0 Å². The molecule has 0 bridgehead atoms. The number of para-hydroxylation sites is 2. The molecule has 0 saturated carbocycles. The highest BCUT2D eigenvalue weighted by atomic mass is 16.3. The van der Waals surface area contributed by atoms with E-state index in [4.69, 9.17) is 0 Å². The van der Waals surface area contributed by atoms with Gasteiger partial charge in [-0.1, -0.05) is 12.1 Å². The summed E-state index contributed by atoms with van der Waals surface area (Å²) in [6.45, 7) is 11.3. The first kappa shape index (κ1) is 15.9. The third kappa shape index (κ3) is 3.67. The van der Waals surface area contributed by atoms with E-state index in [1.165, 1.54) is 5.56 Å². The van der Waals surface area contributed by atoms with Crippen LogP contribution in [0, 0.1) is 0 Å². The molecule has 0 aliphatic carbocycles. The lowest BCUT2D eigenvalue weighted by Crippen LogP contribution is -2.45. The molecule has 0 radical (unpaired) electrons. The van der Waals surface area contributed by atoms with E-state index in [1.54, 1.807) is 6.07 Å². The minimum Gasteiger partial charge on any atom is -0.506 e. The van der Waals surface area contributed by atoms with Crippen molar-refractivity contribution in [2.45, 2.75) is 32.9 Å². The van der Waals surface area contributed by atoms with Gasteiger partial charge in [0, 0.05) is 44.5 Å². The highest BCUT2D eigenvalue weighted by Crippen LogP contribution is 2.27. The normalized spacial score (nSPS) is 16.7. The molecule has 0 unspecified atom stereocenters. The molecule has 23 heavy (non-hydrogen) atoms. The zero-order valence-corrected chi connectivity index (χ0v) is 14.2. The Morgan fingerprint density at radius 3 is 2.39 bits per heavy atom. The molecule has 1 aliphatic rings. The molecule has 124 valence electrons. The van der Waals surface area contributed by atoms with E-state index in [1.807, 2.05) is 29.1 Å². The molecule has 0 amide bonds. The lowest BCUT2D eigenvalue weighted by molar-refractivity contribution is 0.249. The molecule has 0 spiro atoms. The van der Waals surface area contributed by atoms with Crippen molar-refractivity contribution in [3.63, 3.8) is 0 Å². The minimum atomic E-state index is 0.0295. The number of phenols is 1. The van der Waals surface area contributed by atoms with Crippen LogP contribution in [0.1, 0.15) is 26.3 Å². The second kappa shape index (κ2) is 6.24. The number of piperazine rings is 1. The Labute approximate surface area is 138 Å². The van der Waals surface area contributed by atoms with Crippen LogP contribution < -0.4 is 4.90 Å². The van der Waals surface area contributed by atoms with E-state index < -0.39 is 0 Å². The number of nitrogens with zero attached hydrogens (tertiary/aromatic N) is 4. The Bertz CT molecular complexity index is 651. The predicted octanol–water partition coefficient (Wildman–Crippen LogP) is 2.67. The second-order valence-corrected chi connectivity index (χ2v) is 7.22. The van der Waals surface area contributed by atoms with E-state index in [0.29, 0.717) is 5.75 Å². The second-order valence-electron chi connectivity index (χ2n) is 7.22. The van der Waals surface area contributed by atoms with Crippen molar-refractivity contribution in [2.75, 3.05) is 31.1 Å². The molecule has 1 aromatic carbocycles. The summed E-state index contributed by atoms with van der Waals surface area (Å²) in [4.78, 5) is 4.70. The number of phenolic OH excluding ortho intramolecular Hbond substituents is 1. The molecular formula is C18H26N4O. The maximum Gasteiger partial charge on any atom is 0.138 e. The van der Waals surface area contributed by atoms with Crippen molar-refractivity contribution >= 4 is 5.69 Å². The molecular weight excluding hydrogens is 288 g/mol. The van der Waals surface area contributed by atoms with Crippen molar-refractivity contribution in [1.29, 1.82) is 0 Å². The average Bonchev–Trinajstić information content (AvgIpc) is 2.97. The Hall–Kier alpha value is -2.01. The summed E-state index contributed by atoms with van der Waals surface area (Å²) in [7, 11) is 0. The molecule has 5 nitrogen and oxygen atoms in total. The van der Waals surface area contributed by atoms with Gasteiger partial charge in [0.15, 0.2) is 0 Å². The fourth-order valence-corrected chi connectivity index (χ4v) is 2.95. The summed E-state index contributed by atoms with van der Waals surface area (Å²) in [5, 5.41) is 14.5. The first-order valence-corrected chi connectivity index (χ1v) is 8.23. The molecule has 0 atom stereocenters. The van der Waals surface area contributed by atoms with Crippen LogP contribution in [0.2, 0.25) is 0 Å². The molecule has 2 aromatic rings. The van der Waals surface area contributed by atoms with E-state index in [2.05, 4.69) is 41.9 Å². The molecule has 2 heterocycles. The van der Waals surface area contributed by atoms with Gasteiger partial charge in [0.1, 0.15) is 5.75 Å². The smallest absolute Gasteiger partial charge is 0.138 e. The molecule has 3 rings (SSSR count). The van der Waals surface area contributed by atoms with Crippen LogP contribution in [-0.4, -0.2) is 46.0 Å². The van der Waals surface area contributed by atoms with Gasteiger partial charge in [-0.25, -0.2) is 0 Å². The van der Waals surface area contributed by atoms with Gasteiger partial charge in [0.2, 0.25) is 0 Å². The van der Waals surface area contributed by atoms with Crippen molar-refractivity contribution < 1.29 is 5.11 Å². The predicted molar refractivity (Wildman–Crippen MR) is 92.8 cm³/mol. The molecule has 1 aliphatic heterocycles. The zero-order valence-electron chi connectivity index (χ0n) is 14.2. The Morgan fingerprint density at radius 1 is 1.09 bits per heavy atom. The molecule has 1 saturated heterocycles. The van der Waals surface area contributed by atoms with Gasteiger partial charge in [-0.15, -0.1) is 0 Å². The molecule has 1 N–H and O–H groups in total. The lowest BCUT2D eigenvalue weighted by atomic mass is 10.1. The maximum absolute atomic E-state index is 9.98. The number of hydrogen-bond donors (Lipinski definition) is 1. The lowest BCUT2D eigenvalue weighted by Gasteiger charge is -2.36. The number of rotatable bonds is 3. The topological polar surface area (TPSA) is 44.5 Å². The first-order valence-electron chi connectivity index (χ1n) is 8.23. The van der Waals surface area contributed by atoms with Crippen LogP contribution in [0.5, 0.6) is 5.75 Å². The van der Waals surface area contributed by atoms with Crippen LogP contribution in [0.4, 0.5) is 5.69 Å². The minimum absolute atomic E-state index is 0.0295. The van der Waals surface area contributed by atoms with Gasteiger partial charge in [0.25, 0.3) is 0 Å². The van der Waals surface area contributed by atoms with Gasteiger partial charge >= 0.3 is 0 Å². The molecule has 5 heteroatoms. The van der Waals surface area contributed by atoms with Crippen molar-refractivity contribution in [3.05, 3.63) is 42.2 Å². The number of hydrogen-bond acceptors (Lipinski definition) is 4. The summed E-state index contributed by atoms with van der Waals surface area (Å²) >= 11 is 0. The number of anilines is 1. The quantitative estimate of drug-likeness (QED) is 0.946. The summed E-state index contributed by atoms with van der Waals surface area (Å²) in [6, 6.07) is 7.57. The average molecular weight is 314 g/mol. The summed E-state index contributed by atoms with van der Waals surface area (Å²) in [5.41, 5.74) is 2.23. The SMILES string of the molecule is CC(C)(C)n1cc(CN2CCN(c3ccccc3O)CC2)cn1. The summed E-state index contributed by atoms with van der Waals surface area (Å²) in [6.07, 6.45) is 4.12. The van der Waals surface area contributed by atoms with E-state index >= 15 is 0 Å². The Kier molecular flexibility index (Phi) is 4.31. The Balaban J connectivity index is 1.57. The zero-order chi connectivity index (χ0) is 16.4. The van der Waals surface area contributed by atoms with E-state index in [-0.39, 0.29) is 5.54 Å². The number of aromatic hydroxyl groups is 1. The largest absolute Gasteiger partial charge is 0.506 e. The third-order valence-electron chi connectivity index (χ3n) is 4.32. The first-order chi connectivity index (χ1) is 10.9. The monoisotopic (exact) mass is 314 g/mol. The fraction of sp³-hybridized carbons (Fsp3) is 0.500. The highest BCUT2D eigenvalue weighted by molar-refractivity contribution is 5.57. The van der Waals surface area contributed by atoms with Crippen LogP contribution in [0.25, 0.3) is 0 Å². The number of aromatic nitrogens is 2. The summed E-state index contributed by atoms with van der Waals surface area (Å²) < 4.78 is 2.03. The van der Waals surface area contributed by atoms with Crippen LogP contribution in [-0.2, 0) is 12.1 Å². The van der Waals surface area contributed by atoms with Crippen molar-refractivity contribution in [1.82, 2.24) is 14.7 Å². The maximum atomic E-state index is 9.98. The van der Waals surface area contributed by atoms with E-state index in [0.717, 1.165) is 38.4 Å². The fourth-order valence-electron chi connectivity index (χ4n) is 2.95. The summed E-state index contributed by atoms with van der Waals surface area (Å²) in [5.74, 6) is 0.368. The Morgan fingerprint density at radius 2 is 1.78 bits per heavy atom. The van der Waals surface area contributed by atoms with Gasteiger partial charge in [0.05, 0.1) is 17.4 Å². The van der Waals surface area contributed by atoms with Gasteiger partial charge < -0.3 is 10.0 Å². The van der Waals surface area contributed by atoms with Crippen LogP contribution in [0.15, 0.2) is 36.7 Å². The van der Waals surface area contributed by atoms with Gasteiger partial charge in [-0.05, 0) is 32.9 Å². The molecule has 1 aromatic heterocycles. The van der Waals surface area contributed by atoms with Crippen molar-refractivity contribution in [3.8, 4) is 5.75 Å².